The zero-order chi connectivity index (χ0) is 20.1. The number of non-ortho nitro benzene ring substituents is 1. The van der Waals surface area contributed by atoms with Gasteiger partial charge < -0.3 is 4.57 Å². The molecule has 0 radical (unpaired) electrons. The first kappa shape index (κ1) is 18.8. The summed E-state index contributed by atoms with van der Waals surface area (Å²) in [6, 6.07) is 26.9. The largest absolute Gasteiger partial charge is 0.316 e. The first-order valence-corrected chi connectivity index (χ1v) is 10.2. The highest BCUT2D eigenvalue weighted by atomic mass is 32.1. The standard InChI is InChI=1S/C23H19N3O2S/c27-26(28)21-13-7-10-19(16-21)22-17-29-23(24-20-11-5-2-6-12-20)25(22)15-14-18-8-3-1-4-9-18/h1-13,16-17H,14-15H2. The number of aromatic nitrogens is 1. The van der Waals surface area contributed by atoms with Crippen LogP contribution >= 0.6 is 11.3 Å². The molecule has 0 atom stereocenters. The van der Waals surface area contributed by atoms with Gasteiger partial charge in [-0.2, -0.15) is 0 Å². The minimum absolute atomic E-state index is 0.0878. The van der Waals surface area contributed by atoms with Crippen LogP contribution in [0.1, 0.15) is 5.56 Å². The van der Waals surface area contributed by atoms with Crippen LogP contribution in [0.4, 0.5) is 11.4 Å². The molecular formula is C23H19N3O2S. The summed E-state index contributed by atoms with van der Waals surface area (Å²) in [5.41, 5.74) is 3.96. The normalized spacial score (nSPS) is 11.5. The summed E-state index contributed by atoms with van der Waals surface area (Å²) in [5.74, 6) is 0. The van der Waals surface area contributed by atoms with Crippen molar-refractivity contribution in [2.45, 2.75) is 13.0 Å². The van der Waals surface area contributed by atoms with Gasteiger partial charge in [-0.25, -0.2) is 4.99 Å². The van der Waals surface area contributed by atoms with Gasteiger partial charge in [-0.3, -0.25) is 10.1 Å². The predicted molar refractivity (Wildman–Crippen MR) is 116 cm³/mol. The Kier molecular flexibility index (Phi) is 5.63. The lowest BCUT2D eigenvalue weighted by Gasteiger charge is -2.09. The van der Waals surface area contributed by atoms with Crippen LogP contribution in [0.15, 0.2) is 95.3 Å². The maximum atomic E-state index is 11.2. The van der Waals surface area contributed by atoms with Crippen molar-refractivity contribution in [3.8, 4) is 11.3 Å². The highest BCUT2D eigenvalue weighted by Gasteiger charge is 2.12. The van der Waals surface area contributed by atoms with Gasteiger partial charge in [-0.05, 0) is 24.1 Å². The van der Waals surface area contributed by atoms with Gasteiger partial charge >= 0.3 is 0 Å². The summed E-state index contributed by atoms with van der Waals surface area (Å²) in [7, 11) is 0. The second-order valence-corrected chi connectivity index (χ2v) is 7.38. The number of aryl methyl sites for hydroxylation is 1. The highest BCUT2D eigenvalue weighted by molar-refractivity contribution is 7.07. The Morgan fingerprint density at radius 2 is 1.66 bits per heavy atom. The molecule has 1 heterocycles. The van der Waals surface area contributed by atoms with E-state index in [9.17, 15) is 10.1 Å². The molecule has 0 aliphatic rings. The van der Waals surface area contributed by atoms with Crippen LogP contribution in [0, 0.1) is 10.1 Å². The minimum Gasteiger partial charge on any atom is -0.316 e. The number of hydrogen-bond donors (Lipinski definition) is 0. The van der Waals surface area contributed by atoms with E-state index in [1.807, 2.05) is 60.0 Å². The van der Waals surface area contributed by atoms with Gasteiger partial charge in [0.1, 0.15) is 0 Å². The molecule has 0 amide bonds. The van der Waals surface area contributed by atoms with E-state index >= 15 is 0 Å². The Morgan fingerprint density at radius 1 is 0.931 bits per heavy atom. The number of rotatable bonds is 6. The molecule has 6 heteroatoms. The lowest BCUT2D eigenvalue weighted by molar-refractivity contribution is -0.384. The Morgan fingerprint density at radius 3 is 2.38 bits per heavy atom. The Bertz CT molecular complexity index is 1180. The summed E-state index contributed by atoms with van der Waals surface area (Å²) in [5, 5.41) is 13.2. The van der Waals surface area contributed by atoms with E-state index in [2.05, 4.69) is 16.7 Å². The van der Waals surface area contributed by atoms with Crippen LogP contribution in [-0.2, 0) is 13.0 Å². The van der Waals surface area contributed by atoms with Gasteiger partial charge in [0.2, 0.25) is 0 Å². The molecule has 0 N–H and O–H groups in total. The van der Waals surface area contributed by atoms with Crippen molar-refractivity contribution in [1.29, 1.82) is 0 Å². The third-order valence-corrected chi connectivity index (χ3v) is 5.46. The predicted octanol–water partition coefficient (Wildman–Crippen LogP) is 5.60. The van der Waals surface area contributed by atoms with Crippen molar-refractivity contribution in [1.82, 2.24) is 4.57 Å². The van der Waals surface area contributed by atoms with E-state index < -0.39 is 0 Å². The molecule has 0 bridgehead atoms. The number of nitro groups is 1. The molecule has 4 rings (SSSR count). The van der Waals surface area contributed by atoms with Crippen LogP contribution in [0.2, 0.25) is 0 Å². The summed E-state index contributed by atoms with van der Waals surface area (Å²) in [4.78, 5) is 16.5. The van der Waals surface area contributed by atoms with Crippen LogP contribution < -0.4 is 4.80 Å². The van der Waals surface area contributed by atoms with E-state index in [4.69, 9.17) is 4.99 Å². The van der Waals surface area contributed by atoms with E-state index in [-0.39, 0.29) is 10.6 Å². The topological polar surface area (TPSA) is 60.4 Å². The summed E-state index contributed by atoms with van der Waals surface area (Å²) in [6.45, 7) is 0.733. The zero-order valence-corrected chi connectivity index (χ0v) is 16.5. The van der Waals surface area contributed by atoms with E-state index in [0.29, 0.717) is 0 Å². The highest BCUT2D eigenvalue weighted by Crippen LogP contribution is 2.25. The fraction of sp³-hybridized carbons (Fsp3) is 0.0870. The molecule has 144 valence electrons. The van der Waals surface area contributed by atoms with Gasteiger partial charge in [0.25, 0.3) is 5.69 Å². The molecule has 3 aromatic carbocycles. The summed E-state index contributed by atoms with van der Waals surface area (Å²) < 4.78 is 2.14. The molecule has 0 aliphatic heterocycles. The van der Waals surface area contributed by atoms with Crippen molar-refractivity contribution in [3.63, 3.8) is 0 Å². The van der Waals surface area contributed by atoms with Crippen LogP contribution in [0.25, 0.3) is 11.3 Å². The maximum Gasteiger partial charge on any atom is 0.270 e. The molecule has 29 heavy (non-hydrogen) atoms. The fourth-order valence-corrected chi connectivity index (χ4v) is 4.10. The number of nitro benzene ring substituents is 1. The van der Waals surface area contributed by atoms with Crippen molar-refractivity contribution in [3.05, 3.63) is 111 Å². The Balaban J connectivity index is 1.78. The molecule has 0 unspecified atom stereocenters. The molecule has 0 saturated heterocycles. The lowest BCUT2D eigenvalue weighted by Crippen LogP contribution is -2.17. The quantitative estimate of drug-likeness (QED) is 0.312. The van der Waals surface area contributed by atoms with Gasteiger partial charge in [0, 0.05) is 29.6 Å². The first-order chi connectivity index (χ1) is 14.2. The number of nitrogens with zero attached hydrogens (tertiary/aromatic N) is 3. The van der Waals surface area contributed by atoms with Gasteiger partial charge in [0.05, 0.1) is 16.3 Å². The number of benzene rings is 3. The van der Waals surface area contributed by atoms with Crippen LogP contribution in [0.5, 0.6) is 0 Å². The SMILES string of the molecule is O=[N+]([O-])c1cccc(-c2csc(=Nc3ccccc3)n2CCc2ccccc2)c1. The smallest absolute Gasteiger partial charge is 0.270 e. The third kappa shape index (κ3) is 4.50. The van der Waals surface area contributed by atoms with Gasteiger partial charge in [0.15, 0.2) is 4.80 Å². The molecule has 4 aromatic rings. The molecule has 1 aromatic heterocycles. The van der Waals surface area contributed by atoms with E-state index in [0.717, 1.165) is 34.7 Å². The molecular weight excluding hydrogens is 382 g/mol. The van der Waals surface area contributed by atoms with Crippen molar-refractivity contribution < 1.29 is 4.92 Å². The minimum atomic E-state index is -0.362. The second kappa shape index (κ2) is 8.67. The number of hydrogen-bond acceptors (Lipinski definition) is 4. The van der Waals surface area contributed by atoms with Crippen molar-refractivity contribution in [2.75, 3.05) is 0 Å². The maximum absolute atomic E-state index is 11.2. The van der Waals surface area contributed by atoms with Crippen LogP contribution in [-0.4, -0.2) is 9.49 Å². The first-order valence-electron chi connectivity index (χ1n) is 9.27. The fourth-order valence-electron chi connectivity index (χ4n) is 3.14. The van der Waals surface area contributed by atoms with Crippen molar-refractivity contribution >= 4 is 22.7 Å². The van der Waals surface area contributed by atoms with E-state index in [1.54, 1.807) is 23.5 Å². The zero-order valence-electron chi connectivity index (χ0n) is 15.6. The molecule has 0 saturated carbocycles. The molecule has 0 spiro atoms. The van der Waals surface area contributed by atoms with E-state index in [1.165, 1.54) is 11.6 Å². The summed E-state index contributed by atoms with van der Waals surface area (Å²) in [6.07, 6.45) is 0.849. The van der Waals surface area contributed by atoms with Crippen LogP contribution in [0.3, 0.4) is 0 Å². The molecule has 0 fully saturated rings. The average molecular weight is 401 g/mol. The van der Waals surface area contributed by atoms with Gasteiger partial charge in [-0.1, -0.05) is 60.7 Å². The second-order valence-electron chi connectivity index (χ2n) is 6.55. The number of thiazole rings is 1. The Hall–Kier alpha value is -3.51. The molecule has 5 nitrogen and oxygen atoms in total. The third-order valence-electron chi connectivity index (χ3n) is 4.60. The number of para-hydroxylation sites is 1. The average Bonchev–Trinajstić information content (AvgIpc) is 3.16. The summed E-state index contributed by atoms with van der Waals surface area (Å²) >= 11 is 1.54. The Labute approximate surface area is 172 Å². The van der Waals surface area contributed by atoms with Gasteiger partial charge in [-0.15, -0.1) is 11.3 Å². The van der Waals surface area contributed by atoms with Crippen molar-refractivity contribution in [2.24, 2.45) is 4.99 Å². The monoisotopic (exact) mass is 401 g/mol. The molecule has 0 aliphatic carbocycles. The lowest BCUT2D eigenvalue weighted by atomic mass is 10.1.